The Balaban J connectivity index is 1.78. The molecule has 0 aromatic heterocycles. The summed E-state index contributed by atoms with van der Waals surface area (Å²) < 4.78 is 5.69. The highest BCUT2D eigenvalue weighted by molar-refractivity contribution is 5.94. The van der Waals surface area contributed by atoms with Crippen LogP contribution in [0.1, 0.15) is 43.5 Å². The lowest BCUT2D eigenvalue weighted by atomic mass is 10.1. The Kier molecular flexibility index (Phi) is 8.41. The van der Waals surface area contributed by atoms with Crippen LogP contribution in [0, 0.1) is 0 Å². The first-order chi connectivity index (χ1) is 12.6. The summed E-state index contributed by atoms with van der Waals surface area (Å²) in [6.07, 6.45) is 3.40. The first-order valence-electron chi connectivity index (χ1n) is 9.65. The van der Waals surface area contributed by atoms with Gasteiger partial charge < -0.3 is 15.0 Å². The molecule has 0 atom stereocenters. The number of benzene rings is 1. The second-order valence-corrected chi connectivity index (χ2v) is 6.60. The van der Waals surface area contributed by atoms with Gasteiger partial charge in [0.25, 0.3) is 5.91 Å². The minimum absolute atomic E-state index is 0.0418. The van der Waals surface area contributed by atoms with Crippen molar-refractivity contribution in [3.8, 4) is 5.75 Å². The van der Waals surface area contributed by atoms with Crippen LogP contribution in [0.4, 0.5) is 0 Å². The van der Waals surface area contributed by atoms with E-state index in [1.807, 2.05) is 36.1 Å². The molecule has 6 nitrogen and oxygen atoms in total. The highest BCUT2D eigenvalue weighted by Gasteiger charge is 2.23. The maximum atomic E-state index is 12.6. The summed E-state index contributed by atoms with van der Waals surface area (Å²) >= 11 is 0. The van der Waals surface area contributed by atoms with E-state index in [1.54, 1.807) is 0 Å². The monoisotopic (exact) mass is 361 g/mol. The van der Waals surface area contributed by atoms with Crippen LogP contribution in [0.15, 0.2) is 24.3 Å². The van der Waals surface area contributed by atoms with Gasteiger partial charge in [-0.15, -0.1) is 0 Å². The van der Waals surface area contributed by atoms with E-state index < -0.39 is 0 Å². The van der Waals surface area contributed by atoms with Gasteiger partial charge >= 0.3 is 0 Å². The average Bonchev–Trinajstić information content (AvgIpc) is 2.66. The van der Waals surface area contributed by atoms with Gasteiger partial charge in [0.2, 0.25) is 5.91 Å². The van der Waals surface area contributed by atoms with Crippen molar-refractivity contribution in [1.29, 1.82) is 0 Å². The molecule has 1 aliphatic rings. The number of nitrogens with one attached hydrogen (secondary N) is 1. The smallest absolute Gasteiger partial charge is 0.253 e. The maximum Gasteiger partial charge on any atom is 0.253 e. The molecule has 1 N–H and O–H groups in total. The zero-order chi connectivity index (χ0) is 18.8. The minimum Gasteiger partial charge on any atom is -0.494 e. The van der Waals surface area contributed by atoms with E-state index in [0.29, 0.717) is 38.3 Å². The van der Waals surface area contributed by atoms with Gasteiger partial charge in [-0.2, -0.15) is 0 Å². The Labute approximate surface area is 156 Å². The van der Waals surface area contributed by atoms with Crippen molar-refractivity contribution in [3.05, 3.63) is 29.8 Å². The number of ether oxygens (including phenoxy) is 1. The molecule has 1 aromatic rings. The molecule has 0 unspecified atom stereocenters. The summed E-state index contributed by atoms with van der Waals surface area (Å²) in [6, 6.07) is 7.39. The van der Waals surface area contributed by atoms with Crippen LogP contribution in [0.5, 0.6) is 5.75 Å². The predicted molar refractivity (Wildman–Crippen MR) is 102 cm³/mol. The van der Waals surface area contributed by atoms with Crippen molar-refractivity contribution < 1.29 is 14.3 Å². The highest BCUT2D eigenvalue weighted by Crippen LogP contribution is 2.15. The van der Waals surface area contributed by atoms with Gasteiger partial charge in [0, 0.05) is 38.3 Å². The molecule has 1 heterocycles. The quantitative estimate of drug-likeness (QED) is 0.685. The lowest BCUT2D eigenvalue weighted by molar-refractivity contribution is -0.122. The van der Waals surface area contributed by atoms with Gasteiger partial charge in [-0.05, 0) is 37.6 Å². The van der Waals surface area contributed by atoms with Crippen LogP contribution >= 0.6 is 0 Å². The van der Waals surface area contributed by atoms with Crippen LogP contribution in [0.25, 0.3) is 0 Å². The molecule has 0 saturated carbocycles. The molecule has 2 rings (SSSR count). The summed E-state index contributed by atoms with van der Waals surface area (Å²) in [5, 5.41) is 2.81. The zero-order valence-corrected chi connectivity index (χ0v) is 16.0. The van der Waals surface area contributed by atoms with E-state index in [-0.39, 0.29) is 11.8 Å². The molecule has 1 aromatic carbocycles. The molecule has 1 aliphatic heterocycles. The van der Waals surface area contributed by atoms with E-state index in [4.69, 9.17) is 4.74 Å². The number of likely N-dealkylation sites (N-methyl/N-ethyl adjacent to an activating group) is 1. The first-order valence-corrected chi connectivity index (χ1v) is 9.65. The first kappa shape index (κ1) is 20.2. The largest absolute Gasteiger partial charge is 0.494 e. The Morgan fingerprint density at radius 1 is 1.04 bits per heavy atom. The van der Waals surface area contributed by atoms with Gasteiger partial charge in [0.1, 0.15) is 5.75 Å². The number of unbranched alkanes of at least 4 members (excludes halogenated alkanes) is 2. The molecule has 0 aliphatic carbocycles. The molecule has 1 fully saturated rings. The van der Waals surface area contributed by atoms with Crippen LogP contribution < -0.4 is 10.1 Å². The fraction of sp³-hybridized carbons (Fsp3) is 0.600. The van der Waals surface area contributed by atoms with Gasteiger partial charge in [0.15, 0.2) is 0 Å². The number of nitrogens with zero attached hydrogens (tertiary/aromatic N) is 2. The molecule has 0 spiro atoms. The van der Waals surface area contributed by atoms with E-state index >= 15 is 0 Å². The topological polar surface area (TPSA) is 61.9 Å². The Morgan fingerprint density at radius 3 is 2.35 bits per heavy atom. The van der Waals surface area contributed by atoms with Crippen LogP contribution in [0.3, 0.4) is 0 Å². The third-order valence-electron chi connectivity index (χ3n) is 4.52. The molecule has 0 radical (unpaired) electrons. The molecule has 0 bridgehead atoms. The minimum atomic E-state index is 0.0418. The number of hydrogen-bond acceptors (Lipinski definition) is 4. The van der Waals surface area contributed by atoms with Crippen molar-refractivity contribution in [2.75, 3.05) is 45.9 Å². The summed E-state index contributed by atoms with van der Waals surface area (Å²) in [5.41, 5.74) is 0.683. The molecule has 144 valence electrons. The van der Waals surface area contributed by atoms with Crippen LogP contribution in [-0.2, 0) is 4.79 Å². The van der Waals surface area contributed by atoms with Crippen molar-refractivity contribution in [3.63, 3.8) is 0 Å². The third kappa shape index (κ3) is 6.33. The fourth-order valence-electron chi connectivity index (χ4n) is 2.98. The lowest BCUT2D eigenvalue weighted by Gasteiger charge is -2.34. The number of carbonyl (C=O) groups excluding carboxylic acids is 2. The van der Waals surface area contributed by atoms with Crippen LogP contribution in [-0.4, -0.2) is 67.5 Å². The zero-order valence-electron chi connectivity index (χ0n) is 16.0. The third-order valence-corrected chi connectivity index (χ3v) is 4.52. The average molecular weight is 361 g/mol. The Bertz CT molecular complexity index is 566. The molecular formula is C20H31N3O3. The molecule has 6 heteroatoms. The van der Waals surface area contributed by atoms with Crippen LogP contribution in [0.2, 0.25) is 0 Å². The van der Waals surface area contributed by atoms with E-state index in [9.17, 15) is 9.59 Å². The van der Waals surface area contributed by atoms with Crippen molar-refractivity contribution in [2.24, 2.45) is 0 Å². The summed E-state index contributed by atoms with van der Waals surface area (Å²) in [6.45, 7) is 8.59. The second-order valence-electron chi connectivity index (χ2n) is 6.60. The van der Waals surface area contributed by atoms with E-state index in [2.05, 4.69) is 17.1 Å². The SMILES string of the molecule is CCCCCOc1ccc(C(=O)N2CCN(CC(=O)NCC)CC2)cc1. The van der Waals surface area contributed by atoms with Gasteiger partial charge in [0.05, 0.1) is 13.2 Å². The second kappa shape index (κ2) is 10.8. The standard InChI is InChI=1S/C20H31N3O3/c1-3-5-6-15-26-18-9-7-17(8-10-18)20(25)23-13-11-22(12-14-23)16-19(24)21-4-2/h7-10H,3-6,11-16H2,1-2H3,(H,21,24). The van der Waals surface area contributed by atoms with Gasteiger partial charge in [-0.3, -0.25) is 14.5 Å². The Hall–Kier alpha value is -2.08. The number of rotatable bonds is 9. The van der Waals surface area contributed by atoms with Crippen molar-refractivity contribution >= 4 is 11.8 Å². The number of hydrogen-bond donors (Lipinski definition) is 1. The summed E-state index contributed by atoms with van der Waals surface area (Å²) in [4.78, 5) is 28.2. The lowest BCUT2D eigenvalue weighted by Crippen LogP contribution is -2.51. The molecule has 1 saturated heterocycles. The predicted octanol–water partition coefficient (Wildman–Crippen LogP) is 2.15. The fourth-order valence-corrected chi connectivity index (χ4v) is 2.98. The highest BCUT2D eigenvalue weighted by atomic mass is 16.5. The Morgan fingerprint density at radius 2 is 1.73 bits per heavy atom. The van der Waals surface area contributed by atoms with E-state index in [0.717, 1.165) is 25.3 Å². The van der Waals surface area contributed by atoms with E-state index in [1.165, 1.54) is 12.8 Å². The molecule has 2 amide bonds. The number of piperazine rings is 1. The van der Waals surface area contributed by atoms with Gasteiger partial charge in [-0.25, -0.2) is 0 Å². The van der Waals surface area contributed by atoms with Crippen molar-refractivity contribution in [2.45, 2.75) is 33.1 Å². The molecule has 26 heavy (non-hydrogen) atoms. The maximum absolute atomic E-state index is 12.6. The summed E-state index contributed by atoms with van der Waals surface area (Å²) in [5.74, 6) is 0.895. The van der Waals surface area contributed by atoms with Crippen molar-refractivity contribution in [1.82, 2.24) is 15.1 Å². The number of carbonyl (C=O) groups is 2. The number of amides is 2. The molecular weight excluding hydrogens is 330 g/mol. The summed E-state index contributed by atoms with van der Waals surface area (Å²) in [7, 11) is 0. The van der Waals surface area contributed by atoms with Gasteiger partial charge in [-0.1, -0.05) is 19.8 Å². The normalized spacial score (nSPS) is 14.9.